The van der Waals surface area contributed by atoms with Crippen molar-refractivity contribution in [1.29, 1.82) is 0 Å². The lowest BCUT2D eigenvalue weighted by Gasteiger charge is -2.29. The fourth-order valence-corrected chi connectivity index (χ4v) is 4.26. The first kappa shape index (κ1) is 24.0. The van der Waals surface area contributed by atoms with Crippen molar-refractivity contribution in [3.63, 3.8) is 0 Å². The molecule has 2 aromatic carbocycles. The number of benzene rings is 2. The second-order valence-electron chi connectivity index (χ2n) is 7.76. The van der Waals surface area contributed by atoms with Crippen LogP contribution in [0.2, 0.25) is 0 Å². The lowest BCUT2D eigenvalue weighted by Crippen LogP contribution is -2.31. The molecule has 0 radical (unpaired) electrons. The Morgan fingerprint density at radius 2 is 1.97 bits per heavy atom. The zero-order chi connectivity index (χ0) is 24.2. The molecule has 9 nitrogen and oxygen atoms in total. The van der Waals surface area contributed by atoms with Gasteiger partial charge in [0.2, 0.25) is 5.95 Å². The van der Waals surface area contributed by atoms with Gasteiger partial charge in [-0.2, -0.15) is 10.1 Å². The Morgan fingerprint density at radius 3 is 2.65 bits per heavy atom. The molecule has 34 heavy (non-hydrogen) atoms. The Hall–Kier alpha value is -3.12. The van der Waals surface area contributed by atoms with E-state index in [-0.39, 0.29) is 12.5 Å². The number of nitrogens with one attached hydrogen (secondary N) is 2. The van der Waals surface area contributed by atoms with E-state index in [1.54, 1.807) is 25.0 Å². The Kier molecular flexibility index (Phi) is 7.37. The standard InChI is InChI=1S/C24H26IN5O4/c1-14-21(23(32)27-16-8-6-15(25)7-9-16)22(18-11-10-17(33-2)13-19(18)34-3)30-24(26-14)28-20(29-30)5-4-12-31/h6-11,13,22,31H,4-5,12H2,1-3H3,(H,27,32)(H,26,28,29). The van der Waals surface area contributed by atoms with Crippen molar-refractivity contribution in [2.24, 2.45) is 0 Å². The van der Waals surface area contributed by atoms with E-state index < -0.39 is 6.04 Å². The van der Waals surface area contributed by atoms with Crippen LogP contribution in [-0.4, -0.2) is 46.6 Å². The van der Waals surface area contributed by atoms with Gasteiger partial charge in [-0.25, -0.2) is 4.68 Å². The minimum atomic E-state index is -0.587. The lowest BCUT2D eigenvalue weighted by molar-refractivity contribution is -0.113. The molecule has 1 aromatic heterocycles. The van der Waals surface area contributed by atoms with Crippen molar-refractivity contribution >= 4 is 40.1 Å². The number of allylic oxidation sites excluding steroid dienone is 1. The van der Waals surface area contributed by atoms with Crippen LogP contribution >= 0.6 is 22.6 Å². The van der Waals surface area contributed by atoms with Crippen molar-refractivity contribution in [2.45, 2.75) is 25.8 Å². The zero-order valence-corrected chi connectivity index (χ0v) is 21.3. The minimum Gasteiger partial charge on any atom is -0.497 e. The van der Waals surface area contributed by atoms with E-state index in [9.17, 15) is 9.90 Å². The Bertz CT molecular complexity index is 1220. The van der Waals surface area contributed by atoms with Gasteiger partial charge in [-0.1, -0.05) is 0 Å². The number of rotatable bonds is 8. The summed E-state index contributed by atoms with van der Waals surface area (Å²) in [5.74, 6) is 2.06. The topological polar surface area (TPSA) is 111 Å². The SMILES string of the molecule is COc1ccc(C2C(C(=O)Nc3ccc(I)cc3)=C(C)Nc3nc(CCCO)nn32)c(OC)c1. The number of carbonyl (C=O) groups excluding carboxylic acids is 1. The fourth-order valence-electron chi connectivity index (χ4n) is 3.90. The van der Waals surface area contributed by atoms with Gasteiger partial charge in [-0.05, 0) is 72.3 Å². The van der Waals surface area contributed by atoms with Gasteiger partial charge in [-0.15, -0.1) is 0 Å². The lowest BCUT2D eigenvalue weighted by atomic mass is 9.94. The number of fused-ring (bicyclic) bond motifs is 1. The number of aromatic nitrogens is 3. The number of hydrogen-bond acceptors (Lipinski definition) is 7. The van der Waals surface area contributed by atoms with Crippen LogP contribution in [-0.2, 0) is 11.2 Å². The van der Waals surface area contributed by atoms with E-state index in [1.807, 2.05) is 43.3 Å². The third kappa shape index (κ3) is 4.87. The van der Waals surface area contributed by atoms with Crippen LogP contribution < -0.4 is 20.1 Å². The van der Waals surface area contributed by atoms with E-state index in [1.165, 1.54) is 0 Å². The highest BCUT2D eigenvalue weighted by atomic mass is 127. The smallest absolute Gasteiger partial charge is 0.255 e. The van der Waals surface area contributed by atoms with Gasteiger partial charge < -0.3 is 25.2 Å². The molecule has 1 amide bonds. The third-order valence-electron chi connectivity index (χ3n) is 5.54. The van der Waals surface area contributed by atoms with Crippen molar-refractivity contribution < 1.29 is 19.4 Å². The number of methoxy groups -OCH3 is 2. The molecule has 4 rings (SSSR count). The largest absolute Gasteiger partial charge is 0.497 e. The summed E-state index contributed by atoms with van der Waals surface area (Å²) in [6.45, 7) is 1.89. The normalized spacial score (nSPS) is 14.9. The summed E-state index contributed by atoms with van der Waals surface area (Å²) in [6.07, 6.45) is 1.07. The molecule has 2 heterocycles. The monoisotopic (exact) mass is 575 g/mol. The number of hydrogen-bond donors (Lipinski definition) is 3. The molecule has 0 saturated carbocycles. The van der Waals surface area contributed by atoms with E-state index >= 15 is 0 Å². The quantitative estimate of drug-likeness (QED) is 0.351. The average molecular weight is 575 g/mol. The predicted molar refractivity (Wildman–Crippen MR) is 137 cm³/mol. The zero-order valence-electron chi connectivity index (χ0n) is 19.1. The number of carbonyl (C=O) groups is 1. The van der Waals surface area contributed by atoms with E-state index in [2.05, 4.69) is 43.3 Å². The molecule has 0 bridgehead atoms. The van der Waals surface area contributed by atoms with Crippen molar-refractivity contribution in [2.75, 3.05) is 31.5 Å². The first-order chi connectivity index (χ1) is 16.4. The maximum Gasteiger partial charge on any atom is 0.255 e. The molecule has 1 unspecified atom stereocenters. The van der Waals surface area contributed by atoms with Gasteiger partial charge in [-0.3, -0.25) is 4.79 Å². The van der Waals surface area contributed by atoms with E-state index in [0.29, 0.717) is 53.1 Å². The van der Waals surface area contributed by atoms with Gasteiger partial charge >= 0.3 is 0 Å². The Labute approximate surface area is 211 Å². The van der Waals surface area contributed by atoms with Crippen LogP contribution in [0.4, 0.5) is 11.6 Å². The fraction of sp³-hybridized carbons (Fsp3) is 0.292. The maximum absolute atomic E-state index is 13.6. The molecule has 1 atom stereocenters. The van der Waals surface area contributed by atoms with Crippen LogP contribution in [0.25, 0.3) is 0 Å². The highest BCUT2D eigenvalue weighted by Crippen LogP contribution is 2.40. The second-order valence-corrected chi connectivity index (χ2v) is 9.00. The summed E-state index contributed by atoms with van der Waals surface area (Å²) in [5, 5.41) is 20.1. The predicted octanol–water partition coefficient (Wildman–Crippen LogP) is 3.75. The first-order valence-electron chi connectivity index (χ1n) is 10.8. The summed E-state index contributed by atoms with van der Waals surface area (Å²) in [7, 11) is 3.17. The van der Waals surface area contributed by atoms with Gasteiger partial charge in [0.1, 0.15) is 17.5 Å². The van der Waals surface area contributed by atoms with Crippen LogP contribution in [0.1, 0.15) is 30.8 Å². The number of amides is 1. The first-order valence-corrected chi connectivity index (χ1v) is 11.9. The molecular formula is C24H26IN5O4. The average Bonchev–Trinajstić information content (AvgIpc) is 3.25. The Morgan fingerprint density at radius 1 is 1.21 bits per heavy atom. The number of aliphatic hydroxyl groups is 1. The Balaban J connectivity index is 1.81. The summed E-state index contributed by atoms with van der Waals surface area (Å²) < 4.78 is 13.8. The summed E-state index contributed by atoms with van der Waals surface area (Å²) in [5.41, 5.74) is 2.60. The van der Waals surface area contributed by atoms with Crippen molar-refractivity contribution in [3.8, 4) is 11.5 Å². The molecule has 0 spiro atoms. The third-order valence-corrected chi connectivity index (χ3v) is 6.26. The van der Waals surface area contributed by atoms with Crippen LogP contribution in [0.3, 0.4) is 0 Å². The maximum atomic E-state index is 13.6. The van der Waals surface area contributed by atoms with Crippen LogP contribution in [0.15, 0.2) is 53.7 Å². The van der Waals surface area contributed by atoms with Gasteiger partial charge in [0.15, 0.2) is 5.82 Å². The molecule has 3 aromatic rings. The van der Waals surface area contributed by atoms with Crippen LogP contribution in [0, 0.1) is 3.57 Å². The molecule has 178 valence electrons. The highest BCUT2D eigenvalue weighted by molar-refractivity contribution is 14.1. The van der Waals surface area contributed by atoms with Gasteiger partial charge in [0, 0.05) is 39.6 Å². The van der Waals surface area contributed by atoms with E-state index in [0.717, 1.165) is 9.13 Å². The molecular weight excluding hydrogens is 549 g/mol. The second kappa shape index (κ2) is 10.4. The number of ether oxygens (including phenoxy) is 2. The van der Waals surface area contributed by atoms with Gasteiger partial charge in [0.05, 0.1) is 19.8 Å². The highest BCUT2D eigenvalue weighted by Gasteiger charge is 2.36. The van der Waals surface area contributed by atoms with Gasteiger partial charge in [0.25, 0.3) is 5.91 Å². The number of nitrogens with zero attached hydrogens (tertiary/aromatic N) is 3. The number of aliphatic hydroxyl groups excluding tert-OH is 1. The molecule has 0 aliphatic carbocycles. The molecule has 3 N–H and O–H groups in total. The molecule has 0 saturated heterocycles. The minimum absolute atomic E-state index is 0.0496. The molecule has 1 aliphatic heterocycles. The summed E-state index contributed by atoms with van der Waals surface area (Å²) >= 11 is 2.22. The molecule has 0 fully saturated rings. The summed E-state index contributed by atoms with van der Waals surface area (Å²) in [6, 6.07) is 12.5. The molecule has 10 heteroatoms. The molecule has 1 aliphatic rings. The van der Waals surface area contributed by atoms with Crippen molar-refractivity contribution in [1.82, 2.24) is 14.8 Å². The number of halogens is 1. The van der Waals surface area contributed by atoms with Crippen LogP contribution in [0.5, 0.6) is 11.5 Å². The number of anilines is 2. The van der Waals surface area contributed by atoms with E-state index in [4.69, 9.17) is 9.47 Å². The number of aryl methyl sites for hydroxylation is 1. The van der Waals surface area contributed by atoms with Crippen molar-refractivity contribution in [3.05, 3.63) is 68.7 Å². The summed E-state index contributed by atoms with van der Waals surface area (Å²) in [4.78, 5) is 18.2.